The summed E-state index contributed by atoms with van der Waals surface area (Å²) in [5, 5.41) is 14.0. The summed E-state index contributed by atoms with van der Waals surface area (Å²) in [7, 11) is 0. The average molecular weight is 1510 g/mol. The maximum atomic E-state index is 6.17. The number of aromatic nitrogens is 5. The number of nitrogens with zero attached hydrogens (tertiary/aromatic N) is 4. The molecule has 0 saturated carbocycles. The van der Waals surface area contributed by atoms with Crippen molar-refractivity contribution in [2.75, 3.05) is 0 Å². The summed E-state index contributed by atoms with van der Waals surface area (Å²) >= 11 is 12.3. The summed E-state index contributed by atoms with van der Waals surface area (Å²) in [5.74, 6) is 0. The Morgan fingerprint density at radius 2 is 0.339 bits per heavy atom. The molecule has 5 aromatic heterocycles. The molecule has 18 aromatic carbocycles. The lowest BCUT2D eigenvalue weighted by molar-refractivity contribution is 1.18. The quantitative estimate of drug-likeness (QED) is 0.142. The maximum Gasteiger partial charge on any atom is 0.0541 e. The average Bonchev–Trinajstić information content (AvgIpc) is 1.64. The number of aromatic amines is 1. The molecule has 1 N–H and O–H groups in total. The molecular formula is C108H71Cl2N5. The van der Waals surface area contributed by atoms with Crippen LogP contribution in [-0.4, -0.2) is 23.3 Å². The van der Waals surface area contributed by atoms with Crippen LogP contribution in [0.3, 0.4) is 0 Å². The third kappa shape index (κ3) is 12.5. The van der Waals surface area contributed by atoms with Crippen LogP contribution in [0.25, 0.3) is 199 Å². The van der Waals surface area contributed by atoms with E-state index < -0.39 is 0 Å². The lowest BCUT2D eigenvalue weighted by atomic mass is 10.00. The van der Waals surface area contributed by atoms with Gasteiger partial charge in [-0.3, -0.25) is 0 Å². The second-order valence-corrected chi connectivity index (χ2v) is 30.4. The lowest BCUT2D eigenvalue weighted by Crippen LogP contribution is -1.94. The van der Waals surface area contributed by atoms with Gasteiger partial charge in [0.15, 0.2) is 0 Å². The molecule has 115 heavy (non-hydrogen) atoms. The van der Waals surface area contributed by atoms with Crippen LogP contribution in [-0.2, 0) is 0 Å². The Balaban J connectivity index is 0.000000134. The van der Waals surface area contributed by atoms with Gasteiger partial charge >= 0.3 is 0 Å². The first-order valence-corrected chi connectivity index (χ1v) is 39.7. The molecule has 5 heterocycles. The van der Waals surface area contributed by atoms with Crippen LogP contribution >= 0.6 is 23.2 Å². The highest BCUT2D eigenvalue weighted by Gasteiger charge is 2.20. The van der Waals surface area contributed by atoms with Crippen molar-refractivity contribution in [3.8, 4) is 89.5 Å². The molecule has 0 spiro atoms. The van der Waals surface area contributed by atoms with Gasteiger partial charge in [0, 0.05) is 97.7 Å². The lowest BCUT2D eigenvalue weighted by Gasteiger charge is -2.11. The number of hydrogen-bond donors (Lipinski definition) is 1. The zero-order valence-corrected chi connectivity index (χ0v) is 64.0. The number of rotatable bonds is 10. The minimum atomic E-state index is 0.739. The van der Waals surface area contributed by atoms with E-state index in [2.05, 4.69) is 418 Å². The summed E-state index contributed by atoms with van der Waals surface area (Å²) in [6.45, 7) is 0. The number of fused-ring (bicyclic) bond motifs is 15. The second-order valence-electron chi connectivity index (χ2n) is 29.5. The van der Waals surface area contributed by atoms with Crippen molar-refractivity contribution in [3.05, 3.63) is 435 Å². The molecule has 23 rings (SSSR count). The van der Waals surface area contributed by atoms with Gasteiger partial charge in [-0.05, 0) is 224 Å². The van der Waals surface area contributed by atoms with E-state index in [0.717, 1.165) is 55.0 Å². The smallest absolute Gasteiger partial charge is 0.0541 e. The molecule has 0 unspecified atom stereocenters. The molecule has 7 heteroatoms. The van der Waals surface area contributed by atoms with Crippen LogP contribution < -0.4 is 0 Å². The molecule has 0 saturated heterocycles. The Bertz CT molecular complexity index is 7130. The summed E-state index contributed by atoms with van der Waals surface area (Å²) < 4.78 is 9.54. The van der Waals surface area contributed by atoms with Gasteiger partial charge in [-0.1, -0.05) is 290 Å². The predicted octanol–water partition coefficient (Wildman–Crippen LogP) is 30.4. The van der Waals surface area contributed by atoms with E-state index in [-0.39, 0.29) is 0 Å². The zero-order valence-electron chi connectivity index (χ0n) is 62.5. The Morgan fingerprint density at radius 1 is 0.148 bits per heavy atom. The first-order valence-electron chi connectivity index (χ1n) is 39.0. The van der Waals surface area contributed by atoms with Crippen LogP contribution in [0.2, 0.25) is 10.0 Å². The molecule has 0 fully saturated rings. The summed E-state index contributed by atoms with van der Waals surface area (Å²) in [6.07, 6.45) is 0. The fourth-order valence-electron chi connectivity index (χ4n) is 17.3. The molecule has 0 aliphatic carbocycles. The van der Waals surface area contributed by atoms with Gasteiger partial charge < -0.3 is 23.3 Å². The Hall–Kier alpha value is -14.5. The van der Waals surface area contributed by atoms with Gasteiger partial charge in [0.2, 0.25) is 0 Å². The van der Waals surface area contributed by atoms with E-state index in [9.17, 15) is 0 Å². The predicted molar refractivity (Wildman–Crippen MR) is 489 cm³/mol. The van der Waals surface area contributed by atoms with E-state index >= 15 is 0 Å². The zero-order chi connectivity index (χ0) is 76.5. The highest BCUT2D eigenvalue weighted by atomic mass is 35.5. The van der Waals surface area contributed by atoms with Gasteiger partial charge in [0.05, 0.1) is 44.1 Å². The van der Waals surface area contributed by atoms with Crippen molar-refractivity contribution in [2.24, 2.45) is 0 Å². The molecule has 23 aromatic rings. The van der Waals surface area contributed by atoms with Crippen molar-refractivity contribution in [3.63, 3.8) is 0 Å². The molecule has 5 nitrogen and oxygen atoms in total. The third-order valence-corrected chi connectivity index (χ3v) is 23.3. The molecule has 0 aliphatic heterocycles. The van der Waals surface area contributed by atoms with E-state index in [1.54, 1.807) is 0 Å². The van der Waals surface area contributed by atoms with Crippen molar-refractivity contribution in [1.29, 1.82) is 0 Å². The number of para-hydroxylation sites is 6. The van der Waals surface area contributed by atoms with E-state index in [1.807, 2.05) is 30.3 Å². The number of nitrogens with one attached hydrogen (secondary N) is 1. The van der Waals surface area contributed by atoms with E-state index in [4.69, 9.17) is 23.2 Å². The topological polar surface area (TPSA) is 35.5 Å². The first kappa shape index (κ1) is 68.6. The van der Waals surface area contributed by atoms with Gasteiger partial charge in [0.1, 0.15) is 0 Å². The number of benzene rings is 18. The fraction of sp³-hybridized carbons (Fsp3) is 0. The van der Waals surface area contributed by atoms with Crippen LogP contribution in [0.1, 0.15) is 0 Å². The maximum absolute atomic E-state index is 6.17. The molecule has 0 atom stereocenters. The Labute approximate surface area is 674 Å². The van der Waals surface area contributed by atoms with Crippen molar-refractivity contribution >= 4 is 132 Å². The summed E-state index contributed by atoms with van der Waals surface area (Å²) in [6, 6.07) is 152. The van der Waals surface area contributed by atoms with Crippen molar-refractivity contribution in [1.82, 2.24) is 23.3 Å². The van der Waals surface area contributed by atoms with Crippen LogP contribution in [0.4, 0.5) is 0 Å². The van der Waals surface area contributed by atoms with Crippen molar-refractivity contribution < 1.29 is 0 Å². The van der Waals surface area contributed by atoms with Crippen LogP contribution in [0.15, 0.2) is 425 Å². The van der Waals surface area contributed by atoms with Crippen LogP contribution in [0.5, 0.6) is 0 Å². The normalized spacial score (nSPS) is 11.6. The third-order valence-electron chi connectivity index (χ3n) is 22.8. The standard InChI is InChI=1S/C60H39N3.C36H23Cl2N.C12H9N/c1-2-12-40(13-3-1)41-22-30-48(31-23-41)63-59-36-28-44(42-24-32-46(33-25-42)61-55-18-8-4-14-49(55)50-15-5-9-19-56(50)61)38-53(59)54-39-45(29-37-60(54)63)43-26-34-47(35-27-43)62-57-20-10-6-16-51(57)52-17-7-11-21-58(52)62;37-30-14-6-26(7-15-30)28-12-20-35-33(22-28)34-23-29(27-8-16-31(38)17-9-27)13-21-36(34)39(35)32-18-10-25(11-19-32)24-4-2-1-3-5-24;1-3-7-11-9(5-1)10-6-2-4-8-12(10)13-11/h1-39H;1-23H;1-8,13H. The van der Waals surface area contributed by atoms with Crippen LogP contribution in [0, 0.1) is 0 Å². The minimum absolute atomic E-state index is 0.739. The SMILES string of the molecule is Clc1ccc(-c2ccc3c(c2)c2cc(-c4ccc(Cl)cc4)ccc2n3-c2ccc(-c3ccccc3)cc2)cc1.c1ccc(-c2ccc(-n3c4ccc(-c5ccc(-n6c7ccccc7c7ccccc76)cc5)cc4c4cc(-c5ccc(-n6c7ccccc7c7ccccc76)cc5)ccc43)cc2)cc1.c1ccc2c(c1)[nH]c1ccccc12. The highest BCUT2D eigenvalue weighted by Crippen LogP contribution is 2.43. The fourth-order valence-corrected chi connectivity index (χ4v) is 17.5. The molecule has 542 valence electrons. The Kier molecular flexibility index (Phi) is 17.3. The largest absolute Gasteiger partial charge is 0.355 e. The summed E-state index contributed by atoms with van der Waals surface area (Å²) in [5.41, 5.74) is 30.8. The second kappa shape index (κ2) is 29.0. The monoisotopic (exact) mass is 1510 g/mol. The molecule has 0 amide bonds. The highest BCUT2D eigenvalue weighted by molar-refractivity contribution is 6.31. The van der Waals surface area contributed by atoms with Gasteiger partial charge in [0.25, 0.3) is 0 Å². The molecule has 0 radical (unpaired) electrons. The molecule has 0 bridgehead atoms. The first-order chi connectivity index (χ1) is 56.8. The van der Waals surface area contributed by atoms with E-state index in [1.165, 1.54) is 154 Å². The minimum Gasteiger partial charge on any atom is -0.355 e. The Morgan fingerprint density at radius 3 is 0.609 bits per heavy atom. The van der Waals surface area contributed by atoms with E-state index in [0.29, 0.717) is 0 Å². The number of halogens is 2. The molecular weight excluding hydrogens is 1440 g/mol. The number of H-pyrrole nitrogens is 1. The van der Waals surface area contributed by atoms with Gasteiger partial charge in [-0.15, -0.1) is 0 Å². The summed E-state index contributed by atoms with van der Waals surface area (Å²) in [4.78, 5) is 3.38. The van der Waals surface area contributed by atoms with Gasteiger partial charge in [-0.2, -0.15) is 0 Å². The molecule has 0 aliphatic rings. The van der Waals surface area contributed by atoms with Gasteiger partial charge in [-0.25, -0.2) is 0 Å². The number of hydrogen-bond acceptors (Lipinski definition) is 0. The van der Waals surface area contributed by atoms with Crippen molar-refractivity contribution in [2.45, 2.75) is 0 Å².